The minimum absolute atomic E-state index is 0.0489. The van der Waals surface area contributed by atoms with Gasteiger partial charge in [-0.1, -0.05) is 96.0 Å². The molecule has 1 aromatic carbocycles. The first-order valence-electron chi connectivity index (χ1n) is 17.0. The van der Waals surface area contributed by atoms with E-state index in [1.165, 1.54) is 0 Å². The maximum absolute atomic E-state index is 8.09. The maximum atomic E-state index is 8.09. The predicted molar refractivity (Wildman–Crippen MR) is 220 cm³/mol. The van der Waals surface area contributed by atoms with Crippen molar-refractivity contribution in [3.63, 3.8) is 0 Å². The van der Waals surface area contributed by atoms with E-state index < -0.39 is 59.2 Å². The summed E-state index contributed by atoms with van der Waals surface area (Å²) in [6, 6.07) is 10.4. The van der Waals surface area contributed by atoms with Crippen LogP contribution in [0.4, 0.5) is 0 Å². The van der Waals surface area contributed by atoms with Crippen molar-refractivity contribution in [1.82, 2.24) is 0 Å². The minimum Gasteiger partial charge on any atom is -0.433 e. The lowest BCUT2D eigenvalue weighted by molar-refractivity contribution is 0.221. The first kappa shape index (κ1) is 41.1. The van der Waals surface area contributed by atoms with E-state index >= 15 is 0 Å². The van der Waals surface area contributed by atoms with Gasteiger partial charge in [0.2, 0.25) is 0 Å². The van der Waals surface area contributed by atoms with Crippen LogP contribution in [-0.4, -0.2) is 65.4 Å². The third-order valence-corrected chi connectivity index (χ3v) is 34.6. The molecular weight excluding hydrogens is 713 g/mol. The van der Waals surface area contributed by atoms with Crippen molar-refractivity contribution in [3.05, 3.63) is 116 Å². The van der Waals surface area contributed by atoms with Crippen LogP contribution >= 0.6 is 0 Å². The van der Waals surface area contributed by atoms with Crippen molar-refractivity contribution in [2.24, 2.45) is 0 Å². The molecular formula is C35H60O6Si7. The summed E-state index contributed by atoms with van der Waals surface area (Å²) < 4.78 is 44.0. The fourth-order valence-electron chi connectivity index (χ4n) is 6.11. The molecule has 0 heterocycles. The molecule has 2 aliphatic carbocycles. The van der Waals surface area contributed by atoms with E-state index in [-0.39, 0.29) is 17.3 Å². The van der Waals surface area contributed by atoms with E-state index in [9.17, 15) is 0 Å². The van der Waals surface area contributed by atoms with Crippen LogP contribution in [0.25, 0.3) is 0 Å². The lowest BCUT2D eigenvalue weighted by Gasteiger charge is -2.51. The topological polar surface area (TPSA) is 55.4 Å². The third kappa shape index (κ3) is 11.3. The zero-order chi connectivity index (χ0) is 35.9. The molecule has 0 spiro atoms. The van der Waals surface area contributed by atoms with Gasteiger partial charge in [-0.3, -0.25) is 0 Å². The molecule has 2 aliphatic rings. The van der Waals surface area contributed by atoms with Gasteiger partial charge in [0.25, 0.3) is 0 Å². The molecule has 48 heavy (non-hydrogen) atoms. The third-order valence-electron chi connectivity index (χ3n) is 8.47. The van der Waals surface area contributed by atoms with Crippen molar-refractivity contribution in [1.29, 1.82) is 0 Å². The quantitative estimate of drug-likeness (QED) is 0.131. The van der Waals surface area contributed by atoms with Gasteiger partial charge in [-0.05, 0) is 83.5 Å². The van der Waals surface area contributed by atoms with Crippen molar-refractivity contribution in [2.45, 2.75) is 89.4 Å². The highest BCUT2D eigenvalue weighted by molar-refractivity contribution is 6.98. The summed E-state index contributed by atoms with van der Waals surface area (Å²) in [7, 11) is -19.2. The summed E-state index contributed by atoms with van der Waals surface area (Å²) in [6.07, 6.45) is 19.5. The van der Waals surface area contributed by atoms with Crippen molar-refractivity contribution in [3.8, 4) is 0 Å². The van der Waals surface area contributed by atoms with Gasteiger partial charge in [-0.2, -0.15) is 0 Å². The Balaban J connectivity index is 2.35. The summed E-state index contributed by atoms with van der Waals surface area (Å²) in [5, 5.41) is 1.00. The highest BCUT2D eigenvalue weighted by atomic mass is 28.5. The Morgan fingerprint density at radius 1 is 0.583 bits per heavy atom. The molecule has 1 aromatic rings. The highest BCUT2D eigenvalue weighted by Crippen LogP contribution is 2.47. The maximum Gasteiger partial charge on any atom is 0.380 e. The molecule has 0 saturated heterocycles. The molecule has 264 valence electrons. The lowest BCUT2D eigenvalue weighted by Crippen LogP contribution is -2.72. The molecule has 6 nitrogen and oxygen atoms in total. The number of hydrogen-bond acceptors (Lipinski definition) is 6. The number of allylic oxidation sites excluding steroid dienone is 8. The molecule has 0 bridgehead atoms. The molecule has 13 heteroatoms. The van der Waals surface area contributed by atoms with Crippen molar-refractivity contribution < 1.29 is 25.0 Å². The standard InChI is InChI=1S/C35H60O6Si7/c1-14-42(4,5)37-45(10,11)36-32-47(33-26-20-17-21-27-33,40-46(12,13)38-43(6,7)15-2)41-48(39-44(8,9)16-3,34-28-22-18-23-29-34)35-30-24-19-25-31-35/h14-28,30,34-35H,1-3,29,31-32H2,4-13H3. The molecule has 3 unspecified atom stereocenters. The average Bonchev–Trinajstić information content (AvgIpc) is 3.03. The monoisotopic (exact) mass is 772 g/mol. The molecule has 0 aliphatic heterocycles. The van der Waals surface area contributed by atoms with Crippen LogP contribution in [-0.2, 0) is 25.0 Å². The number of benzene rings is 1. The summed E-state index contributed by atoms with van der Waals surface area (Å²) >= 11 is 0. The van der Waals surface area contributed by atoms with Crippen molar-refractivity contribution >= 4 is 64.4 Å². The first-order chi connectivity index (χ1) is 22.2. The Kier molecular flexibility index (Phi) is 14.0. The first-order valence-corrected chi connectivity index (χ1v) is 35.6. The molecule has 0 saturated carbocycles. The van der Waals surface area contributed by atoms with Gasteiger partial charge in [0.05, 0.1) is 6.23 Å². The van der Waals surface area contributed by atoms with Gasteiger partial charge in [0.15, 0.2) is 25.0 Å². The Morgan fingerprint density at radius 3 is 1.48 bits per heavy atom. The molecule has 0 aromatic heterocycles. The van der Waals surface area contributed by atoms with Crippen LogP contribution in [0.15, 0.2) is 116 Å². The second kappa shape index (κ2) is 16.3. The van der Waals surface area contributed by atoms with Crippen LogP contribution in [0.5, 0.6) is 0 Å². The van der Waals surface area contributed by atoms with Gasteiger partial charge < -0.3 is 25.0 Å². The summed E-state index contributed by atoms with van der Waals surface area (Å²) in [5.74, 6) is 0. The van der Waals surface area contributed by atoms with Crippen LogP contribution in [0.1, 0.15) is 12.8 Å². The van der Waals surface area contributed by atoms with Gasteiger partial charge in [-0.15, -0.1) is 19.7 Å². The summed E-state index contributed by atoms with van der Waals surface area (Å²) in [6.45, 7) is 33.9. The van der Waals surface area contributed by atoms with E-state index in [2.05, 4.69) is 158 Å². The van der Waals surface area contributed by atoms with Crippen molar-refractivity contribution in [2.75, 3.05) is 6.23 Å². The number of rotatable bonds is 19. The fourth-order valence-corrected chi connectivity index (χ4v) is 36.7. The molecule has 3 atom stereocenters. The summed E-state index contributed by atoms with van der Waals surface area (Å²) in [4.78, 5) is 0. The zero-order valence-corrected chi connectivity index (χ0v) is 38.1. The Bertz CT molecular complexity index is 1360. The van der Waals surface area contributed by atoms with Crippen LogP contribution in [0, 0.1) is 0 Å². The largest absolute Gasteiger partial charge is 0.433 e. The Morgan fingerprint density at radius 2 is 1.04 bits per heavy atom. The molecule has 0 radical (unpaired) electrons. The smallest absolute Gasteiger partial charge is 0.380 e. The second-order valence-electron chi connectivity index (χ2n) is 15.2. The molecule has 0 amide bonds. The minimum atomic E-state index is -3.58. The van der Waals surface area contributed by atoms with Gasteiger partial charge in [-0.25, -0.2) is 0 Å². The lowest BCUT2D eigenvalue weighted by atomic mass is 10.2. The van der Waals surface area contributed by atoms with Crippen LogP contribution in [0.2, 0.25) is 76.6 Å². The summed E-state index contributed by atoms with van der Waals surface area (Å²) in [5.41, 5.74) is 6.06. The second-order valence-corrected chi connectivity index (χ2v) is 41.3. The highest BCUT2D eigenvalue weighted by Gasteiger charge is 2.61. The van der Waals surface area contributed by atoms with E-state index in [0.717, 1.165) is 18.0 Å². The van der Waals surface area contributed by atoms with E-state index in [1.54, 1.807) is 0 Å². The van der Waals surface area contributed by atoms with E-state index in [1.807, 2.05) is 23.2 Å². The predicted octanol–water partition coefficient (Wildman–Crippen LogP) is 9.38. The van der Waals surface area contributed by atoms with Gasteiger partial charge >= 0.3 is 34.2 Å². The number of hydrogen-bond donors (Lipinski definition) is 0. The zero-order valence-electron chi connectivity index (χ0n) is 31.1. The van der Waals surface area contributed by atoms with E-state index in [0.29, 0.717) is 0 Å². The Labute approximate surface area is 299 Å². The average molecular weight is 773 g/mol. The van der Waals surface area contributed by atoms with E-state index in [4.69, 9.17) is 25.0 Å². The van der Waals surface area contributed by atoms with Gasteiger partial charge in [0, 0.05) is 11.1 Å². The van der Waals surface area contributed by atoms with Crippen LogP contribution < -0.4 is 5.19 Å². The fraction of sp³-hybridized carbons (Fsp3) is 0.429. The van der Waals surface area contributed by atoms with Gasteiger partial charge in [0.1, 0.15) is 0 Å². The van der Waals surface area contributed by atoms with Crippen LogP contribution in [0.3, 0.4) is 0 Å². The Hall–Kier alpha value is -1.32. The molecule has 3 rings (SSSR count). The normalized spacial score (nSPS) is 21.4. The SMILES string of the molecule is C=C[Si](C)(C)O[Si](C)(C)OC[Si](O[Si](C)(C)O[Si](C)(C)C=C)(O[Si](O[Si](C)(C)C=C)(C1C=CC=CC1)C1C=CC=CC1)c1ccccc1. The molecule has 0 fully saturated rings. The molecule has 0 N–H and O–H groups in total.